The van der Waals surface area contributed by atoms with Crippen molar-refractivity contribution in [1.82, 2.24) is 10.6 Å². The Balaban J connectivity index is 1.28. The maximum Gasteiger partial charge on any atom is 0.0124 e. The quantitative estimate of drug-likeness (QED) is 0.630. The lowest BCUT2D eigenvalue weighted by Gasteiger charge is -2.54. The van der Waals surface area contributed by atoms with Gasteiger partial charge in [0.2, 0.25) is 0 Å². The van der Waals surface area contributed by atoms with Gasteiger partial charge in [-0.15, -0.1) is 0 Å². The van der Waals surface area contributed by atoms with Gasteiger partial charge in [-0.05, 0) is 68.7 Å². The molecule has 2 heteroatoms. The van der Waals surface area contributed by atoms with Crippen molar-refractivity contribution in [2.45, 2.75) is 70.8 Å². The Morgan fingerprint density at radius 1 is 0.750 bits per heavy atom. The molecule has 4 aliphatic carbocycles. The molecule has 2 nitrogen and oxygen atoms in total. The highest BCUT2D eigenvalue weighted by Crippen LogP contribution is 2.53. The van der Waals surface area contributed by atoms with Crippen LogP contribution >= 0.6 is 0 Å². The summed E-state index contributed by atoms with van der Waals surface area (Å²) in [4.78, 5) is 0. The number of nitrogens with one attached hydrogen (secondary N) is 2. The van der Waals surface area contributed by atoms with E-state index in [1.54, 1.807) is 6.42 Å². The Morgan fingerprint density at radius 3 is 2.10 bits per heavy atom. The Morgan fingerprint density at radius 2 is 1.45 bits per heavy atom. The van der Waals surface area contributed by atoms with Crippen LogP contribution in [0.5, 0.6) is 0 Å². The van der Waals surface area contributed by atoms with E-state index in [0.717, 1.165) is 36.3 Å². The molecule has 0 amide bonds. The van der Waals surface area contributed by atoms with E-state index in [2.05, 4.69) is 17.6 Å². The van der Waals surface area contributed by atoms with Crippen molar-refractivity contribution in [3.05, 3.63) is 0 Å². The van der Waals surface area contributed by atoms with Crippen LogP contribution in [0.15, 0.2) is 0 Å². The molecule has 116 valence electrons. The second kappa shape index (κ2) is 7.26. The van der Waals surface area contributed by atoms with Gasteiger partial charge in [0, 0.05) is 19.1 Å². The lowest BCUT2D eigenvalue weighted by atomic mass is 9.54. The molecule has 4 rings (SSSR count). The highest BCUT2D eigenvalue weighted by molar-refractivity contribution is 5.01. The van der Waals surface area contributed by atoms with E-state index in [0.29, 0.717) is 0 Å². The molecule has 4 saturated carbocycles. The van der Waals surface area contributed by atoms with Gasteiger partial charge >= 0.3 is 0 Å². The Kier molecular flexibility index (Phi) is 5.39. The molecule has 0 radical (unpaired) electrons. The third-order valence-electron chi connectivity index (χ3n) is 6.12. The molecule has 0 aromatic rings. The summed E-state index contributed by atoms with van der Waals surface area (Å²) in [5.74, 6) is 4.26. The SMILES string of the molecule is CCCCCCNCCNC1C2CC3CC(C2)CC1C3. The van der Waals surface area contributed by atoms with E-state index in [4.69, 9.17) is 0 Å². The average molecular weight is 278 g/mol. The molecule has 0 saturated heterocycles. The zero-order valence-corrected chi connectivity index (χ0v) is 13.4. The van der Waals surface area contributed by atoms with E-state index in [1.807, 2.05) is 0 Å². The molecular weight excluding hydrogens is 244 g/mol. The topological polar surface area (TPSA) is 24.1 Å². The fourth-order valence-electron chi connectivity index (χ4n) is 5.39. The molecule has 0 aromatic heterocycles. The van der Waals surface area contributed by atoms with Crippen molar-refractivity contribution in [1.29, 1.82) is 0 Å². The molecular formula is C18H34N2. The van der Waals surface area contributed by atoms with Gasteiger partial charge in [-0.3, -0.25) is 0 Å². The maximum atomic E-state index is 3.90. The van der Waals surface area contributed by atoms with Crippen molar-refractivity contribution >= 4 is 0 Å². The van der Waals surface area contributed by atoms with Gasteiger partial charge in [-0.25, -0.2) is 0 Å². The lowest BCUT2D eigenvalue weighted by Crippen LogP contribution is -2.55. The minimum atomic E-state index is 0.865. The predicted molar refractivity (Wildman–Crippen MR) is 85.8 cm³/mol. The molecule has 4 fully saturated rings. The van der Waals surface area contributed by atoms with Crippen LogP contribution in [0.2, 0.25) is 0 Å². The van der Waals surface area contributed by atoms with Gasteiger partial charge in [0.25, 0.3) is 0 Å². The summed E-state index contributed by atoms with van der Waals surface area (Å²) in [6, 6.07) is 0.865. The normalized spacial score (nSPS) is 38.5. The summed E-state index contributed by atoms with van der Waals surface area (Å²) in [6.07, 6.45) is 13.2. The second-order valence-electron chi connectivity index (χ2n) is 7.72. The van der Waals surface area contributed by atoms with E-state index in [1.165, 1.54) is 64.5 Å². The van der Waals surface area contributed by atoms with Crippen molar-refractivity contribution < 1.29 is 0 Å². The second-order valence-corrected chi connectivity index (χ2v) is 7.72. The summed E-state index contributed by atoms with van der Waals surface area (Å²) in [6.45, 7) is 5.83. The number of unbranched alkanes of at least 4 members (excludes halogenated alkanes) is 3. The predicted octanol–water partition coefficient (Wildman–Crippen LogP) is 3.57. The van der Waals surface area contributed by atoms with E-state index < -0.39 is 0 Å². The third kappa shape index (κ3) is 3.57. The molecule has 4 bridgehead atoms. The Labute approximate surface area is 125 Å². The first kappa shape index (κ1) is 14.8. The van der Waals surface area contributed by atoms with Crippen LogP contribution in [0, 0.1) is 23.7 Å². The summed E-state index contributed by atoms with van der Waals surface area (Å²) < 4.78 is 0. The molecule has 0 heterocycles. The molecule has 0 aromatic carbocycles. The minimum absolute atomic E-state index is 0.865. The molecule has 20 heavy (non-hydrogen) atoms. The standard InChI is InChI=1S/C18H34N2/c1-2-3-4-5-6-19-7-8-20-18-16-10-14-9-15(12-16)13-17(18)11-14/h14-20H,2-13H2,1H3. The fourth-order valence-corrected chi connectivity index (χ4v) is 5.39. The molecule has 0 atom stereocenters. The number of hydrogen-bond donors (Lipinski definition) is 2. The smallest absolute Gasteiger partial charge is 0.0124 e. The highest BCUT2D eigenvalue weighted by Gasteiger charge is 2.47. The Hall–Kier alpha value is -0.0800. The van der Waals surface area contributed by atoms with Crippen LogP contribution in [0.4, 0.5) is 0 Å². The Bertz CT molecular complexity index is 261. The first-order chi connectivity index (χ1) is 9.86. The van der Waals surface area contributed by atoms with Crippen LogP contribution in [0.3, 0.4) is 0 Å². The first-order valence-corrected chi connectivity index (χ1v) is 9.31. The molecule has 0 aliphatic heterocycles. The zero-order chi connectivity index (χ0) is 13.8. The van der Waals surface area contributed by atoms with Crippen molar-refractivity contribution in [2.24, 2.45) is 23.7 Å². The van der Waals surface area contributed by atoms with E-state index >= 15 is 0 Å². The largest absolute Gasteiger partial charge is 0.315 e. The summed E-state index contributed by atoms with van der Waals surface area (Å²) in [5.41, 5.74) is 0. The van der Waals surface area contributed by atoms with Crippen molar-refractivity contribution in [3.8, 4) is 0 Å². The molecule has 4 aliphatic rings. The monoisotopic (exact) mass is 278 g/mol. The van der Waals surface area contributed by atoms with Gasteiger partial charge in [-0.2, -0.15) is 0 Å². The van der Waals surface area contributed by atoms with Gasteiger partial charge in [-0.1, -0.05) is 26.2 Å². The molecule has 2 N–H and O–H groups in total. The van der Waals surface area contributed by atoms with Crippen LogP contribution in [0.25, 0.3) is 0 Å². The lowest BCUT2D eigenvalue weighted by molar-refractivity contribution is -0.0133. The van der Waals surface area contributed by atoms with E-state index in [-0.39, 0.29) is 0 Å². The van der Waals surface area contributed by atoms with Crippen molar-refractivity contribution in [2.75, 3.05) is 19.6 Å². The van der Waals surface area contributed by atoms with Crippen molar-refractivity contribution in [3.63, 3.8) is 0 Å². The summed E-state index contributed by atoms with van der Waals surface area (Å²) in [5, 5.41) is 7.51. The number of rotatable bonds is 9. The van der Waals surface area contributed by atoms with Gasteiger partial charge in [0.1, 0.15) is 0 Å². The van der Waals surface area contributed by atoms with Gasteiger partial charge in [0.05, 0.1) is 0 Å². The summed E-state index contributed by atoms with van der Waals surface area (Å²) in [7, 11) is 0. The zero-order valence-electron chi connectivity index (χ0n) is 13.4. The molecule has 0 spiro atoms. The fraction of sp³-hybridized carbons (Fsp3) is 1.00. The van der Waals surface area contributed by atoms with E-state index in [9.17, 15) is 0 Å². The van der Waals surface area contributed by atoms with Gasteiger partial charge < -0.3 is 10.6 Å². The first-order valence-electron chi connectivity index (χ1n) is 9.31. The van der Waals surface area contributed by atoms with Crippen LogP contribution in [0.1, 0.15) is 64.7 Å². The van der Waals surface area contributed by atoms with Crippen LogP contribution in [-0.4, -0.2) is 25.7 Å². The molecule has 0 unspecified atom stereocenters. The number of hydrogen-bond acceptors (Lipinski definition) is 2. The van der Waals surface area contributed by atoms with Crippen LogP contribution < -0.4 is 10.6 Å². The van der Waals surface area contributed by atoms with Gasteiger partial charge in [0.15, 0.2) is 0 Å². The van der Waals surface area contributed by atoms with Crippen LogP contribution in [-0.2, 0) is 0 Å². The summed E-state index contributed by atoms with van der Waals surface area (Å²) >= 11 is 0. The highest BCUT2D eigenvalue weighted by atomic mass is 15.0. The third-order valence-corrected chi connectivity index (χ3v) is 6.12. The maximum absolute atomic E-state index is 3.90. The minimum Gasteiger partial charge on any atom is -0.315 e. The average Bonchev–Trinajstić information content (AvgIpc) is 2.43.